The van der Waals surface area contributed by atoms with E-state index in [4.69, 9.17) is 4.74 Å². The first-order valence-electron chi connectivity index (χ1n) is 5.91. The average molecular weight is 250 g/mol. The lowest BCUT2D eigenvalue weighted by Crippen LogP contribution is -2.34. The molecule has 0 heterocycles. The fourth-order valence-corrected chi connectivity index (χ4v) is 1.49. The van der Waals surface area contributed by atoms with Gasteiger partial charge in [-0.2, -0.15) is 0 Å². The first-order valence-corrected chi connectivity index (χ1v) is 5.91. The molecule has 1 aromatic carbocycles. The molecule has 2 amide bonds. The lowest BCUT2D eigenvalue weighted by Gasteiger charge is -2.19. The van der Waals surface area contributed by atoms with Crippen LogP contribution in [0, 0.1) is 0 Å². The Hall–Kier alpha value is -2.04. The number of rotatable bonds is 4. The number of urea groups is 1. The average Bonchev–Trinajstić information content (AvgIpc) is 2.32. The molecule has 0 aliphatic carbocycles. The molecule has 1 aromatic rings. The van der Waals surface area contributed by atoms with Crippen molar-refractivity contribution in [3.05, 3.63) is 24.3 Å². The lowest BCUT2D eigenvalue weighted by atomic mass is 10.3. The molecule has 0 spiro atoms. The van der Waals surface area contributed by atoms with E-state index in [0.29, 0.717) is 24.5 Å². The fraction of sp³-hybridized carbons (Fsp3) is 0.385. The molecule has 0 fully saturated rings. The normalized spacial score (nSPS) is 9.72. The maximum Gasteiger partial charge on any atom is 0.321 e. The Morgan fingerprint density at radius 2 is 1.72 bits per heavy atom. The number of hydrogen-bond acceptors (Lipinski definition) is 3. The summed E-state index contributed by atoms with van der Waals surface area (Å²) in [6, 6.07) is 6.53. The number of amides is 2. The van der Waals surface area contributed by atoms with Crippen LogP contribution < -0.4 is 10.1 Å². The van der Waals surface area contributed by atoms with Gasteiger partial charge in [0, 0.05) is 25.7 Å². The number of nitrogens with one attached hydrogen (secondary N) is 1. The zero-order chi connectivity index (χ0) is 13.5. The molecule has 0 aliphatic heterocycles. The SMILES string of the molecule is CCN(CC)C(=O)Nc1ccc(OC(C)=O)cc1. The minimum absolute atomic E-state index is 0.139. The van der Waals surface area contributed by atoms with Crippen LogP contribution in [0.4, 0.5) is 10.5 Å². The van der Waals surface area contributed by atoms with E-state index in [2.05, 4.69) is 5.32 Å². The number of esters is 1. The standard InChI is InChI=1S/C13H18N2O3/c1-4-15(5-2)13(17)14-11-6-8-12(9-7-11)18-10(3)16/h6-9H,4-5H2,1-3H3,(H,14,17). The number of benzene rings is 1. The quantitative estimate of drug-likeness (QED) is 0.659. The molecular weight excluding hydrogens is 232 g/mol. The molecule has 0 unspecified atom stereocenters. The summed E-state index contributed by atoms with van der Waals surface area (Å²) in [5.41, 5.74) is 0.669. The van der Waals surface area contributed by atoms with Crippen LogP contribution in [0.15, 0.2) is 24.3 Å². The Morgan fingerprint density at radius 1 is 1.17 bits per heavy atom. The van der Waals surface area contributed by atoms with Gasteiger partial charge in [-0.15, -0.1) is 0 Å². The Kier molecular flexibility index (Phi) is 5.17. The Bertz CT molecular complexity index is 411. The van der Waals surface area contributed by atoms with Crippen molar-refractivity contribution in [3.8, 4) is 5.75 Å². The molecule has 0 aromatic heterocycles. The highest BCUT2D eigenvalue weighted by atomic mass is 16.5. The molecule has 1 N–H and O–H groups in total. The largest absolute Gasteiger partial charge is 0.427 e. The highest BCUT2D eigenvalue weighted by Gasteiger charge is 2.09. The van der Waals surface area contributed by atoms with Gasteiger partial charge in [0.15, 0.2) is 0 Å². The van der Waals surface area contributed by atoms with Gasteiger partial charge in [-0.3, -0.25) is 4.79 Å². The van der Waals surface area contributed by atoms with Gasteiger partial charge in [0.2, 0.25) is 0 Å². The molecule has 18 heavy (non-hydrogen) atoms. The monoisotopic (exact) mass is 250 g/mol. The second-order valence-electron chi connectivity index (χ2n) is 3.72. The van der Waals surface area contributed by atoms with Gasteiger partial charge in [-0.1, -0.05) is 0 Å². The van der Waals surface area contributed by atoms with Crippen LogP contribution in [0.2, 0.25) is 0 Å². The van der Waals surface area contributed by atoms with Gasteiger partial charge < -0.3 is 15.0 Å². The molecule has 0 aliphatic rings. The van der Waals surface area contributed by atoms with Crippen molar-refractivity contribution < 1.29 is 14.3 Å². The van der Waals surface area contributed by atoms with Gasteiger partial charge in [-0.05, 0) is 38.1 Å². The van der Waals surface area contributed by atoms with Gasteiger partial charge in [0.05, 0.1) is 0 Å². The molecule has 0 saturated heterocycles. The van der Waals surface area contributed by atoms with E-state index < -0.39 is 0 Å². The maximum atomic E-state index is 11.8. The highest BCUT2D eigenvalue weighted by Crippen LogP contribution is 2.16. The van der Waals surface area contributed by atoms with Crippen LogP contribution in [0.1, 0.15) is 20.8 Å². The lowest BCUT2D eigenvalue weighted by molar-refractivity contribution is -0.131. The summed E-state index contributed by atoms with van der Waals surface area (Å²) in [5, 5.41) is 2.77. The fourth-order valence-electron chi connectivity index (χ4n) is 1.49. The second kappa shape index (κ2) is 6.64. The minimum atomic E-state index is -0.366. The number of anilines is 1. The van der Waals surface area contributed by atoms with Crippen molar-refractivity contribution in [2.24, 2.45) is 0 Å². The second-order valence-corrected chi connectivity index (χ2v) is 3.72. The summed E-state index contributed by atoms with van der Waals surface area (Å²) in [4.78, 5) is 24.2. The van der Waals surface area contributed by atoms with Crippen molar-refractivity contribution in [2.75, 3.05) is 18.4 Å². The summed E-state index contributed by atoms with van der Waals surface area (Å²) in [6.45, 7) is 6.51. The molecule has 0 bridgehead atoms. The van der Waals surface area contributed by atoms with Crippen molar-refractivity contribution >= 4 is 17.7 Å². The van der Waals surface area contributed by atoms with Crippen LogP contribution in [0.25, 0.3) is 0 Å². The molecule has 98 valence electrons. The molecule has 0 saturated carbocycles. The van der Waals surface area contributed by atoms with E-state index in [1.54, 1.807) is 29.2 Å². The van der Waals surface area contributed by atoms with Gasteiger partial charge in [0.1, 0.15) is 5.75 Å². The van der Waals surface area contributed by atoms with Crippen LogP contribution in [-0.4, -0.2) is 30.0 Å². The van der Waals surface area contributed by atoms with E-state index in [9.17, 15) is 9.59 Å². The maximum absolute atomic E-state index is 11.8. The van der Waals surface area contributed by atoms with Crippen LogP contribution in [-0.2, 0) is 4.79 Å². The first kappa shape index (κ1) is 14.0. The van der Waals surface area contributed by atoms with Crippen LogP contribution >= 0.6 is 0 Å². The number of nitrogens with zero attached hydrogens (tertiary/aromatic N) is 1. The summed E-state index contributed by atoms with van der Waals surface area (Å²) >= 11 is 0. The summed E-state index contributed by atoms with van der Waals surface area (Å²) in [6.07, 6.45) is 0. The third-order valence-corrected chi connectivity index (χ3v) is 2.42. The predicted molar refractivity (Wildman–Crippen MR) is 69.7 cm³/mol. The topological polar surface area (TPSA) is 58.6 Å². The number of hydrogen-bond donors (Lipinski definition) is 1. The van der Waals surface area contributed by atoms with Gasteiger partial charge >= 0.3 is 12.0 Å². The smallest absolute Gasteiger partial charge is 0.321 e. The van der Waals surface area contributed by atoms with Crippen LogP contribution in [0.5, 0.6) is 5.75 Å². The van der Waals surface area contributed by atoms with Gasteiger partial charge in [0.25, 0.3) is 0 Å². The van der Waals surface area contributed by atoms with Crippen LogP contribution in [0.3, 0.4) is 0 Å². The van der Waals surface area contributed by atoms with Crippen molar-refractivity contribution in [1.29, 1.82) is 0 Å². The van der Waals surface area contributed by atoms with E-state index in [0.717, 1.165) is 0 Å². The van der Waals surface area contributed by atoms with Crippen molar-refractivity contribution in [2.45, 2.75) is 20.8 Å². The van der Waals surface area contributed by atoms with E-state index in [-0.39, 0.29) is 12.0 Å². The van der Waals surface area contributed by atoms with Crippen molar-refractivity contribution in [3.63, 3.8) is 0 Å². The third-order valence-electron chi connectivity index (χ3n) is 2.42. The van der Waals surface area contributed by atoms with Crippen molar-refractivity contribution in [1.82, 2.24) is 4.90 Å². The predicted octanol–water partition coefficient (Wildman–Crippen LogP) is 2.49. The summed E-state index contributed by atoms with van der Waals surface area (Å²) in [7, 11) is 0. The molecule has 0 radical (unpaired) electrons. The zero-order valence-corrected chi connectivity index (χ0v) is 10.9. The van der Waals surface area contributed by atoms with E-state index >= 15 is 0 Å². The Morgan fingerprint density at radius 3 is 2.17 bits per heavy atom. The number of carbonyl (C=O) groups is 2. The molecule has 5 heteroatoms. The molecule has 0 atom stereocenters. The third kappa shape index (κ3) is 4.08. The Labute approximate surface area is 107 Å². The summed E-state index contributed by atoms with van der Waals surface area (Å²) in [5.74, 6) is 0.0956. The Balaban J connectivity index is 2.63. The number of ether oxygens (including phenoxy) is 1. The molecular formula is C13H18N2O3. The highest BCUT2D eigenvalue weighted by molar-refractivity contribution is 5.89. The summed E-state index contributed by atoms with van der Waals surface area (Å²) < 4.78 is 4.90. The van der Waals surface area contributed by atoms with E-state index in [1.165, 1.54) is 6.92 Å². The molecule has 1 rings (SSSR count). The zero-order valence-electron chi connectivity index (χ0n) is 10.9. The minimum Gasteiger partial charge on any atom is -0.427 e. The first-order chi connectivity index (χ1) is 8.56. The van der Waals surface area contributed by atoms with Gasteiger partial charge in [-0.25, -0.2) is 4.79 Å². The molecule has 5 nitrogen and oxygen atoms in total. The van der Waals surface area contributed by atoms with E-state index in [1.807, 2.05) is 13.8 Å². The number of carbonyl (C=O) groups excluding carboxylic acids is 2.